The van der Waals surface area contributed by atoms with Gasteiger partial charge in [0, 0.05) is 19.0 Å². The predicted octanol–water partition coefficient (Wildman–Crippen LogP) is 3.34. The second-order valence-electron chi connectivity index (χ2n) is 6.83. The molecular formula is C17H32N2O. The minimum atomic E-state index is 0.275. The Labute approximate surface area is 124 Å². The molecule has 1 amide bonds. The molecule has 116 valence electrons. The van der Waals surface area contributed by atoms with Crippen LogP contribution in [0.5, 0.6) is 0 Å². The van der Waals surface area contributed by atoms with E-state index >= 15 is 0 Å². The highest BCUT2D eigenvalue weighted by molar-refractivity contribution is 5.76. The third-order valence-corrected chi connectivity index (χ3v) is 5.16. The third-order valence-electron chi connectivity index (χ3n) is 5.16. The molecule has 20 heavy (non-hydrogen) atoms. The van der Waals surface area contributed by atoms with Crippen molar-refractivity contribution in [3.05, 3.63) is 0 Å². The molecule has 0 aromatic heterocycles. The Morgan fingerprint density at radius 1 is 1.05 bits per heavy atom. The molecule has 2 saturated carbocycles. The zero-order valence-corrected chi connectivity index (χ0v) is 13.2. The molecule has 2 fully saturated rings. The van der Waals surface area contributed by atoms with Gasteiger partial charge in [-0.1, -0.05) is 32.1 Å². The van der Waals surface area contributed by atoms with Crippen molar-refractivity contribution < 1.29 is 4.79 Å². The van der Waals surface area contributed by atoms with Gasteiger partial charge in [-0.3, -0.25) is 4.79 Å². The van der Waals surface area contributed by atoms with Crippen LogP contribution < -0.4 is 5.32 Å². The molecule has 0 aliphatic heterocycles. The normalized spacial score (nSPS) is 21.5. The van der Waals surface area contributed by atoms with Crippen LogP contribution in [0, 0.1) is 5.92 Å². The summed E-state index contributed by atoms with van der Waals surface area (Å²) in [6.07, 6.45) is 14.0. The van der Waals surface area contributed by atoms with Crippen LogP contribution >= 0.6 is 0 Å². The molecule has 0 heterocycles. The molecule has 0 bridgehead atoms. The monoisotopic (exact) mass is 280 g/mol. The van der Waals surface area contributed by atoms with Gasteiger partial charge in [0.1, 0.15) is 0 Å². The molecule has 1 N–H and O–H groups in total. The van der Waals surface area contributed by atoms with Crippen LogP contribution in [0.25, 0.3) is 0 Å². The number of hydrogen-bond acceptors (Lipinski definition) is 2. The highest BCUT2D eigenvalue weighted by Gasteiger charge is 2.19. The second-order valence-corrected chi connectivity index (χ2v) is 6.83. The number of nitrogens with zero attached hydrogens (tertiary/aromatic N) is 1. The van der Waals surface area contributed by atoms with E-state index in [-0.39, 0.29) is 5.91 Å². The smallest absolute Gasteiger partial charge is 0.220 e. The molecular weight excluding hydrogens is 248 g/mol. The Morgan fingerprint density at radius 3 is 2.40 bits per heavy atom. The maximum Gasteiger partial charge on any atom is 0.220 e. The third kappa shape index (κ3) is 5.43. The average Bonchev–Trinajstić information content (AvgIpc) is 2.97. The lowest BCUT2D eigenvalue weighted by atomic mass is 9.94. The van der Waals surface area contributed by atoms with Crippen LogP contribution in [-0.2, 0) is 4.79 Å². The van der Waals surface area contributed by atoms with E-state index in [0.717, 1.165) is 32.0 Å². The van der Waals surface area contributed by atoms with Crippen LogP contribution in [0.3, 0.4) is 0 Å². The molecule has 0 unspecified atom stereocenters. The van der Waals surface area contributed by atoms with Gasteiger partial charge in [0.25, 0.3) is 0 Å². The zero-order valence-electron chi connectivity index (χ0n) is 13.2. The van der Waals surface area contributed by atoms with E-state index in [1.165, 1.54) is 57.8 Å². The van der Waals surface area contributed by atoms with E-state index in [1.807, 2.05) is 0 Å². The molecule has 0 radical (unpaired) electrons. The van der Waals surface area contributed by atoms with E-state index in [4.69, 9.17) is 0 Å². The fourth-order valence-electron chi connectivity index (χ4n) is 3.81. The summed E-state index contributed by atoms with van der Waals surface area (Å²) >= 11 is 0. The van der Waals surface area contributed by atoms with Crippen LogP contribution in [0.1, 0.15) is 70.6 Å². The molecule has 2 aliphatic rings. The second kappa shape index (κ2) is 8.66. The number of carbonyl (C=O) groups is 1. The Kier molecular flexibility index (Phi) is 6.85. The number of amides is 1. The van der Waals surface area contributed by atoms with E-state index in [1.54, 1.807) is 0 Å². The van der Waals surface area contributed by atoms with Gasteiger partial charge in [-0.25, -0.2) is 0 Å². The first kappa shape index (κ1) is 15.8. The highest BCUT2D eigenvalue weighted by atomic mass is 16.1. The number of hydrogen-bond donors (Lipinski definition) is 1. The SMILES string of the molecule is CN(CCCNC(=O)CC1CCCC1)C1CCCCC1. The number of rotatable bonds is 7. The Bertz CT molecular complexity index is 281. The van der Waals surface area contributed by atoms with Crippen molar-refractivity contribution in [3.63, 3.8) is 0 Å². The number of carbonyl (C=O) groups excluding carboxylic acids is 1. The lowest BCUT2D eigenvalue weighted by molar-refractivity contribution is -0.122. The largest absolute Gasteiger partial charge is 0.356 e. The molecule has 2 aliphatic carbocycles. The van der Waals surface area contributed by atoms with Crippen molar-refractivity contribution in [2.75, 3.05) is 20.1 Å². The van der Waals surface area contributed by atoms with Crippen molar-refractivity contribution in [1.82, 2.24) is 10.2 Å². The van der Waals surface area contributed by atoms with Gasteiger partial charge in [-0.15, -0.1) is 0 Å². The summed E-state index contributed by atoms with van der Waals surface area (Å²) in [5, 5.41) is 3.10. The average molecular weight is 280 g/mol. The summed E-state index contributed by atoms with van der Waals surface area (Å²) in [5.74, 6) is 0.942. The Balaban J connectivity index is 1.50. The first-order chi connectivity index (χ1) is 9.75. The Morgan fingerprint density at radius 2 is 1.70 bits per heavy atom. The van der Waals surface area contributed by atoms with Gasteiger partial charge in [0.2, 0.25) is 5.91 Å². The molecule has 0 aromatic rings. The fraction of sp³-hybridized carbons (Fsp3) is 0.941. The quantitative estimate of drug-likeness (QED) is 0.725. The summed E-state index contributed by atoms with van der Waals surface area (Å²) in [7, 11) is 2.25. The highest BCUT2D eigenvalue weighted by Crippen LogP contribution is 2.27. The van der Waals surface area contributed by atoms with Crippen molar-refractivity contribution in [1.29, 1.82) is 0 Å². The van der Waals surface area contributed by atoms with Crippen LogP contribution in [0.15, 0.2) is 0 Å². The molecule has 3 heteroatoms. The lowest BCUT2D eigenvalue weighted by Gasteiger charge is -2.31. The molecule has 0 atom stereocenters. The van der Waals surface area contributed by atoms with Crippen LogP contribution in [0.4, 0.5) is 0 Å². The molecule has 3 nitrogen and oxygen atoms in total. The molecule has 0 saturated heterocycles. The van der Waals surface area contributed by atoms with Crippen LogP contribution in [-0.4, -0.2) is 37.0 Å². The van der Waals surface area contributed by atoms with Gasteiger partial charge < -0.3 is 10.2 Å². The van der Waals surface area contributed by atoms with Crippen molar-refractivity contribution in [2.24, 2.45) is 5.92 Å². The van der Waals surface area contributed by atoms with E-state index in [9.17, 15) is 4.79 Å². The minimum Gasteiger partial charge on any atom is -0.356 e. The first-order valence-corrected chi connectivity index (χ1v) is 8.72. The number of nitrogens with one attached hydrogen (secondary N) is 1. The van der Waals surface area contributed by atoms with E-state index in [0.29, 0.717) is 5.92 Å². The predicted molar refractivity (Wildman–Crippen MR) is 83.7 cm³/mol. The van der Waals surface area contributed by atoms with Crippen molar-refractivity contribution in [3.8, 4) is 0 Å². The van der Waals surface area contributed by atoms with Crippen molar-refractivity contribution >= 4 is 5.91 Å². The molecule has 2 rings (SSSR count). The van der Waals surface area contributed by atoms with E-state index < -0.39 is 0 Å². The van der Waals surface area contributed by atoms with Gasteiger partial charge in [0.15, 0.2) is 0 Å². The van der Waals surface area contributed by atoms with Crippen molar-refractivity contribution in [2.45, 2.75) is 76.7 Å². The Hall–Kier alpha value is -0.570. The summed E-state index contributed by atoms with van der Waals surface area (Å²) in [6.45, 7) is 1.97. The first-order valence-electron chi connectivity index (χ1n) is 8.72. The summed E-state index contributed by atoms with van der Waals surface area (Å²) in [6, 6.07) is 0.790. The van der Waals surface area contributed by atoms with E-state index in [2.05, 4.69) is 17.3 Å². The standard InChI is InChI=1S/C17H32N2O/c1-19(16-10-3-2-4-11-16)13-7-12-18-17(20)14-15-8-5-6-9-15/h15-16H,2-14H2,1H3,(H,18,20). The lowest BCUT2D eigenvalue weighted by Crippen LogP contribution is -2.36. The summed E-state index contributed by atoms with van der Waals surface area (Å²) < 4.78 is 0. The van der Waals surface area contributed by atoms with Crippen LogP contribution in [0.2, 0.25) is 0 Å². The maximum atomic E-state index is 11.8. The maximum absolute atomic E-state index is 11.8. The fourth-order valence-corrected chi connectivity index (χ4v) is 3.81. The zero-order chi connectivity index (χ0) is 14.2. The topological polar surface area (TPSA) is 32.3 Å². The van der Waals surface area contributed by atoms with Gasteiger partial charge in [-0.05, 0) is 51.6 Å². The van der Waals surface area contributed by atoms with Gasteiger partial charge in [0.05, 0.1) is 0 Å². The summed E-state index contributed by atoms with van der Waals surface area (Å²) in [4.78, 5) is 14.3. The van der Waals surface area contributed by atoms with Gasteiger partial charge in [-0.2, -0.15) is 0 Å². The minimum absolute atomic E-state index is 0.275. The molecule has 0 aromatic carbocycles. The molecule has 0 spiro atoms. The van der Waals surface area contributed by atoms with Gasteiger partial charge >= 0.3 is 0 Å². The summed E-state index contributed by atoms with van der Waals surface area (Å²) in [5.41, 5.74) is 0.